The number of esters is 1. The molecular formula is C25H28ClN3O4S. The van der Waals surface area contributed by atoms with Gasteiger partial charge in [0.05, 0.1) is 18.2 Å². The number of rotatable bonds is 8. The van der Waals surface area contributed by atoms with Crippen molar-refractivity contribution in [2.75, 3.05) is 25.6 Å². The van der Waals surface area contributed by atoms with E-state index in [0.29, 0.717) is 33.8 Å². The zero-order valence-electron chi connectivity index (χ0n) is 19.6. The SMILES string of the molecule is CC1=C(C(=O)OCC(C)C)C(c2ccc(NC(=O)COc3ccc(Cl)cc3)cc2)NC(=S)N1C. The van der Waals surface area contributed by atoms with Crippen molar-refractivity contribution in [3.05, 3.63) is 70.4 Å². The smallest absolute Gasteiger partial charge is 0.338 e. The fraction of sp³-hybridized carbons (Fsp3) is 0.320. The predicted octanol–water partition coefficient (Wildman–Crippen LogP) is 4.69. The lowest BCUT2D eigenvalue weighted by molar-refractivity contribution is -0.140. The molecule has 1 aliphatic rings. The van der Waals surface area contributed by atoms with Gasteiger partial charge in [-0.2, -0.15) is 0 Å². The van der Waals surface area contributed by atoms with Gasteiger partial charge in [0.15, 0.2) is 11.7 Å². The zero-order valence-corrected chi connectivity index (χ0v) is 21.1. The average Bonchev–Trinajstić information content (AvgIpc) is 2.81. The van der Waals surface area contributed by atoms with Crippen molar-refractivity contribution < 1.29 is 19.1 Å². The molecule has 2 aromatic carbocycles. The summed E-state index contributed by atoms with van der Waals surface area (Å²) in [4.78, 5) is 26.9. The minimum atomic E-state index is -0.457. The quantitative estimate of drug-likeness (QED) is 0.401. The van der Waals surface area contributed by atoms with Gasteiger partial charge >= 0.3 is 5.97 Å². The normalized spacial score (nSPS) is 15.8. The first-order valence-corrected chi connectivity index (χ1v) is 11.6. The summed E-state index contributed by atoms with van der Waals surface area (Å²) in [7, 11) is 1.81. The van der Waals surface area contributed by atoms with Crippen molar-refractivity contribution in [2.24, 2.45) is 5.92 Å². The van der Waals surface area contributed by atoms with Gasteiger partial charge in [-0.1, -0.05) is 37.6 Å². The van der Waals surface area contributed by atoms with E-state index in [2.05, 4.69) is 10.6 Å². The van der Waals surface area contributed by atoms with Gasteiger partial charge in [-0.15, -0.1) is 0 Å². The van der Waals surface area contributed by atoms with Gasteiger partial charge in [-0.3, -0.25) is 4.79 Å². The molecule has 3 rings (SSSR count). The van der Waals surface area contributed by atoms with Crippen LogP contribution in [0, 0.1) is 5.92 Å². The van der Waals surface area contributed by atoms with Crippen LogP contribution in [-0.4, -0.2) is 42.2 Å². The monoisotopic (exact) mass is 501 g/mol. The van der Waals surface area contributed by atoms with Crippen LogP contribution in [0.5, 0.6) is 5.75 Å². The highest BCUT2D eigenvalue weighted by Gasteiger charge is 2.33. The topological polar surface area (TPSA) is 79.9 Å². The van der Waals surface area contributed by atoms with E-state index in [1.54, 1.807) is 48.3 Å². The molecule has 0 bridgehead atoms. The van der Waals surface area contributed by atoms with Crippen LogP contribution in [0.1, 0.15) is 32.4 Å². The van der Waals surface area contributed by atoms with Gasteiger partial charge in [-0.05, 0) is 67.0 Å². The highest BCUT2D eigenvalue weighted by molar-refractivity contribution is 7.80. The molecule has 2 N–H and O–H groups in total. The molecule has 0 saturated carbocycles. The molecule has 0 aromatic heterocycles. The third-order valence-corrected chi connectivity index (χ3v) is 5.88. The average molecular weight is 502 g/mol. The Kier molecular flexibility index (Phi) is 8.52. The van der Waals surface area contributed by atoms with Crippen LogP contribution in [0.4, 0.5) is 5.69 Å². The number of carbonyl (C=O) groups is 2. The molecule has 0 spiro atoms. The minimum Gasteiger partial charge on any atom is -0.484 e. The van der Waals surface area contributed by atoms with Crippen LogP contribution in [0.15, 0.2) is 59.8 Å². The number of amides is 1. The number of allylic oxidation sites excluding steroid dienone is 1. The number of hydrogen-bond donors (Lipinski definition) is 2. The van der Waals surface area contributed by atoms with E-state index in [-0.39, 0.29) is 24.4 Å². The van der Waals surface area contributed by atoms with Gasteiger partial charge in [-0.25, -0.2) is 4.79 Å². The van der Waals surface area contributed by atoms with Crippen LogP contribution in [0.3, 0.4) is 0 Å². The maximum absolute atomic E-state index is 12.9. The van der Waals surface area contributed by atoms with Crippen molar-refractivity contribution >= 4 is 46.5 Å². The van der Waals surface area contributed by atoms with Gasteiger partial charge < -0.3 is 25.0 Å². The number of thiocarbonyl (C=S) groups is 1. The van der Waals surface area contributed by atoms with E-state index >= 15 is 0 Å². The summed E-state index contributed by atoms with van der Waals surface area (Å²) in [5, 5.41) is 7.12. The Morgan fingerprint density at radius 3 is 2.41 bits per heavy atom. The molecule has 180 valence electrons. The summed E-state index contributed by atoms with van der Waals surface area (Å²) in [5.41, 5.74) is 2.67. The predicted molar refractivity (Wildman–Crippen MR) is 137 cm³/mol. The molecule has 1 unspecified atom stereocenters. The third kappa shape index (κ3) is 6.48. The molecule has 0 radical (unpaired) electrons. The second-order valence-electron chi connectivity index (χ2n) is 8.35. The maximum Gasteiger partial charge on any atom is 0.338 e. The Hall–Kier alpha value is -3.10. The van der Waals surface area contributed by atoms with Crippen molar-refractivity contribution in [3.63, 3.8) is 0 Å². The van der Waals surface area contributed by atoms with E-state index in [1.165, 1.54) is 0 Å². The van der Waals surface area contributed by atoms with Crippen LogP contribution in [0.25, 0.3) is 0 Å². The van der Waals surface area contributed by atoms with Crippen molar-refractivity contribution in [3.8, 4) is 5.75 Å². The number of ether oxygens (including phenoxy) is 2. The van der Waals surface area contributed by atoms with Gasteiger partial charge in [0, 0.05) is 23.5 Å². The molecule has 1 aliphatic heterocycles. The van der Waals surface area contributed by atoms with Crippen LogP contribution in [-0.2, 0) is 14.3 Å². The first-order valence-electron chi connectivity index (χ1n) is 10.9. The Labute approximate surface area is 210 Å². The molecule has 0 saturated heterocycles. The number of nitrogens with one attached hydrogen (secondary N) is 2. The fourth-order valence-electron chi connectivity index (χ4n) is 3.31. The van der Waals surface area contributed by atoms with Crippen LogP contribution < -0.4 is 15.4 Å². The Balaban J connectivity index is 1.69. The summed E-state index contributed by atoms with van der Waals surface area (Å²) in [6.45, 7) is 6.02. The summed E-state index contributed by atoms with van der Waals surface area (Å²) < 4.78 is 11.0. The molecule has 34 heavy (non-hydrogen) atoms. The number of carbonyl (C=O) groups excluding carboxylic acids is 2. The summed E-state index contributed by atoms with van der Waals surface area (Å²) >= 11 is 11.3. The molecule has 7 nitrogen and oxygen atoms in total. The highest BCUT2D eigenvalue weighted by atomic mass is 35.5. The van der Waals surface area contributed by atoms with Crippen molar-refractivity contribution in [2.45, 2.75) is 26.8 Å². The summed E-state index contributed by atoms with van der Waals surface area (Å²) in [6.07, 6.45) is 0. The molecular weight excluding hydrogens is 474 g/mol. The fourth-order valence-corrected chi connectivity index (χ4v) is 3.69. The maximum atomic E-state index is 12.9. The lowest BCUT2D eigenvalue weighted by Gasteiger charge is -2.35. The number of nitrogens with zero attached hydrogens (tertiary/aromatic N) is 1. The van der Waals surface area contributed by atoms with E-state index in [4.69, 9.17) is 33.3 Å². The Bertz CT molecular complexity index is 1080. The number of halogens is 1. The molecule has 2 aromatic rings. The van der Waals surface area contributed by atoms with Gasteiger partial charge in [0.25, 0.3) is 5.91 Å². The minimum absolute atomic E-state index is 0.137. The molecule has 1 heterocycles. The van der Waals surface area contributed by atoms with Crippen LogP contribution >= 0.6 is 23.8 Å². The molecule has 1 amide bonds. The Morgan fingerprint density at radius 1 is 1.15 bits per heavy atom. The third-order valence-electron chi connectivity index (χ3n) is 5.23. The van der Waals surface area contributed by atoms with E-state index in [0.717, 1.165) is 11.3 Å². The molecule has 9 heteroatoms. The van der Waals surface area contributed by atoms with E-state index in [9.17, 15) is 9.59 Å². The number of hydrogen-bond acceptors (Lipinski definition) is 5. The molecule has 1 atom stereocenters. The van der Waals surface area contributed by atoms with Gasteiger partial charge in [0.1, 0.15) is 5.75 Å². The highest BCUT2D eigenvalue weighted by Crippen LogP contribution is 2.31. The Morgan fingerprint density at radius 2 is 1.79 bits per heavy atom. The van der Waals surface area contributed by atoms with E-state index < -0.39 is 6.04 Å². The standard InChI is InChI=1S/C25H28ClN3O4S/c1-15(2)13-33-24(31)22-16(3)29(4)25(34)28-23(22)17-5-9-19(10-6-17)27-21(30)14-32-20-11-7-18(26)8-12-20/h5-12,15,23H,13-14H2,1-4H3,(H,27,30)(H,28,34). The van der Waals surface area contributed by atoms with Crippen molar-refractivity contribution in [1.82, 2.24) is 10.2 Å². The lowest BCUT2D eigenvalue weighted by Crippen LogP contribution is -2.46. The zero-order chi connectivity index (χ0) is 24.8. The molecule has 0 aliphatic carbocycles. The number of benzene rings is 2. The summed E-state index contributed by atoms with van der Waals surface area (Å²) in [6, 6.07) is 13.5. The van der Waals surface area contributed by atoms with Gasteiger partial charge in [0.2, 0.25) is 0 Å². The first kappa shape index (κ1) is 25.5. The van der Waals surface area contributed by atoms with Crippen LogP contribution in [0.2, 0.25) is 5.02 Å². The molecule has 0 fully saturated rings. The van der Waals surface area contributed by atoms with Crippen molar-refractivity contribution in [1.29, 1.82) is 0 Å². The second-order valence-corrected chi connectivity index (χ2v) is 9.17. The second kappa shape index (κ2) is 11.4. The lowest BCUT2D eigenvalue weighted by atomic mass is 9.95. The number of anilines is 1. The largest absolute Gasteiger partial charge is 0.484 e. The first-order chi connectivity index (χ1) is 16.2. The van der Waals surface area contributed by atoms with E-state index in [1.807, 2.05) is 32.9 Å². The summed E-state index contributed by atoms with van der Waals surface area (Å²) in [5.74, 6) is 0.105.